The van der Waals surface area contributed by atoms with E-state index in [4.69, 9.17) is 11.6 Å². The van der Waals surface area contributed by atoms with Crippen molar-refractivity contribution in [1.29, 1.82) is 0 Å². The van der Waals surface area contributed by atoms with Crippen molar-refractivity contribution >= 4 is 17.4 Å². The van der Waals surface area contributed by atoms with Gasteiger partial charge in [0.05, 0.1) is 5.69 Å². The number of aryl methyl sites for hydroxylation is 1. The fraction of sp³-hybridized carbons (Fsp3) is 0.500. The van der Waals surface area contributed by atoms with Crippen molar-refractivity contribution in [3.8, 4) is 0 Å². The van der Waals surface area contributed by atoms with E-state index in [1.807, 2.05) is 6.92 Å². The third kappa shape index (κ3) is 2.53. The summed E-state index contributed by atoms with van der Waals surface area (Å²) < 4.78 is 0. The largest absolute Gasteiger partial charge is 0.366 e. The van der Waals surface area contributed by atoms with E-state index in [1.54, 1.807) is 6.33 Å². The smallest absolute Gasteiger partial charge is 0.148 e. The lowest BCUT2D eigenvalue weighted by atomic mass is 10.0. The molecular weight excluding hydrogens is 222 g/mol. The zero-order chi connectivity index (χ0) is 11.4. The van der Waals surface area contributed by atoms with Crippen molar-refractivity contribution in [2.75, 3.05) is 5.32 Å². The fourth-order valence-corrected chi connectivity index (χ4v) is 2.16. The van der Waals surface area contributed by atoms with Gasteiger partial charge in [-0.3, -0.25) is 0 Å². The van der Waals surface area contributed by atoms with Gasteiger partial charge >= 0.3 is 0 Å². The molecule has 1 aliphatic carbocycles. The molecule has 0 saturated heterocycles. The second-order valence-corrected chi connectivity index (χ2v) is 4.34. The Hall–Kier alpha value is -1.09. The molecule has 1 unspecified atom stereocenters. The highest BCUT2D eigenvalue weighted by molar-refractivity contribution is 6.33. The van der Waals surface area contributed by atoms with Crippen LogP contribution in [-0.2, 0) is 6.42 Å². The summed E-state index contributed by atoms with van der Waals surface area (Å²) in [4.78, 5) is 8.36. The van der Waals surface area contributed by atoms with E-state index in [-0.39, 0.29) is 0 Å². The second kappa shape index (κ2) is 5.30. The highest BCUT2D eigenvalue weighted by atomic mass is 35.5. The zero-order valence-electron chi connectivity index (χ0n) is 9.41. The minimum atomic E-state index is 0.446. The van der Waals surface area contributed by atoms with Crippen LogP contribution in [0.15, 0.2) is 18.5 Å². The number of hydrogen-bond acceptors (Lipinski definition) is 3. The number of nitrogens with zero attached hydrogens (tertiary/aromatic N) is 2. The molecule has 2 rings (SSSR count). The van der Waals surface area contributed by atoms with Gasteiger partial charge < -0.3 is 5.32 Å². The van der Waals surface area contributed by atoms with Crippen LogP contribution in [0.2, 0.25) is 5.02 Å². The Morgan fingerprint density at radius 2 is 2.31 bits per heavy atom. The van der Waals surface area contributed by atoms with Crippen molar-refractivity contribution in [3.63, 3.8) is 0 Å². The van der Waals surface area contributed by atoms with Crippen molar-refractivity contribution < 1.29 is 0 Å². The van der Waals surface area contributed by atoms with Crippen molar-refractivity contribution in [3.05, 3.63) is 29.2 Å². The maximum atomic E-state index is 6.22. The SMILES string of the molecule is CCc1ncnc(NC2CC=CCC2)c1Cl. The Bertz CT molecular complexity index is 390. The molecule has 4 heteroatoms. The van der Waals surface area contributed by atoms with Gasteiger partial charge in [-0.15, -0.1) is 0 Å². The summed E-state index contributed by atoms with van der Waals surface area (Å²) in [6, 6.07) is 0.446. The first-order chi connectivity index (χ1) is 7.81. The van der Waals surface area contributed by atoms with Crippen molar-refractivity contribution in [1.82, 2.24) is 9.97 Å². The molecule has 0 radical (unpaired) electrons. The second-order valence-electron chi connectivity index (χ2n) is 3.96. The average molecular weight is 238 g/mol. The quantitative estimate of drug-likeness (QED) is 0.821. The number of aromatic nitrogens is 2. The summed E-state index contributed by atoms with van der Waals surface area (Å²) in [5.41, 5.74) is 0.908. The van der Waals surface area contributed by atoms with Gasteiger partial charge in [0.15, 0.2) is 0 Å². The molecule has 0 aromatic carbocycles. The molecule has 1 atom stereocenters. The van der Waals surface area contributed by atoms with E-state index in [0.717, 1.165) is 37.2 Å². The standard InChI is InChI=1S/C12H16ClN3/c1-2-10-11(13)12(15-8-14-10)16-9-6-4-3-5-7-9/h3-4,8-9H,2,5-7H2,1H3,(H,14,15,16). The van der Waals surface area contributed by atoms with E-state index in [9.17, 15) is 0 Å². The summed E-state index contributed by atoms with van der Waals surface area (Å²) in [7, 11) is 0. The molecule has 0 fully saturated rings. The van der Waals surface area contributed by atoms with Gasteiger partial charge in [-0.05, 0) is 25.7 Å². The Morgan fingerprint density at radius 1 is 1.44 bits per heavy atom. The normalized spacial score (nSPS) is 19.8. The first-order valence-electron chi connectivity index (χ1n) is 5.72. The average Bonchev–Trinajstić information content (AvgIpc) is 2.33. The van der Waals surface area contributed by atoms with Crippen LogP contribution in [0.25, 0.3) is 0 Å². The minimum absolute atomic E-state index is 0.446. The first-order valence-corrected chi connectivity index (χ1v) is 6.10. The summed E-state index contributed by atoms with van der Waals surface area (Å²) in [5, 5.41) is 4.06. The predicted octanol–water partition coefficient (Wildman–Crippen LogP) is 3.21. The molecule has 1 aromatic heterocycles. The van der Waals surface area contributed by atoms with Crippen LogP contribution in [0.5, 0.6) is 0 Å². The van der Waals surface area contributed by atoms with Gasteiger partial charge in [0.25, 0.3) is 0 Å². The van der Waals surface area contributed by atoms with Crippen LogP contribution < -0.4 is 5.32 Å². The molecule has 16 heavy (non-hydrogen) atoms. The van der Waals surface area contributed by atoms with Crippen LogP contribution in [0.4, 0.5) is 5.82 Å². The van der Waals surface area contributed by atoms with Gasteiger partial charge in [-0.2, -0.15) is 0 Å². The number of hydrogen-bond donors (Lipinski definition) is 1. The van der Waals surface area contributed by atoms with Crippen LogP contribution in [-0.4, -0.2) is 16.0 Å². The Balaban J connectivity index is 2.11. The van der Waals surface area contributed by atoms with Crippen LogP contribution in [0.3, 0.4) is 0 Å². The van der Waals surface area contributed by atoms with Crippen molar-refractivity contribution in [2.45, 2.75) is 38.6 Å². The summed E-state index contributed by atoms with van der Waals surface area (Å²) in [5.74, 6) is 0.772. The van der Waals surface area contributed by atoms with Crippen LogP contribution >= 0.6 is 11.6 Å². The van der Waals surface area contributed by atoms with Crippen molar-refractivity contribution in [2.24, 2.45) is 0 Å². The molecule has 0 bridgehead atoms. The van der Waals surface area contributed by atoms with Gasteiger partial charge in [-0.1, -0.05) is 30.7 Å². The molecule has 0 spiro atoms. The predicted molar refractivity (Wildman–Crippen MR) is 66.8 cm³/mol. The molecule has 0 amide bonds. The lowest BCUT2D eigenvalue weighted by Crippen LogP contribution is -2.21. The van der Waals surface area contributed by atoms with Gasteiger partial charge in [0.2, 0.25) is 0 Å². The number of halogens is 1. The Morgan fingerprint density at radius 3 is 3.00 bits per heavy atom. The third-order valence-corrected chi connectivity index (χ3v) is 3.20. The third-order valence-electron chi connectivity index (χ3n) is 2.81. The Kier molecular flexibility index (Phi) is 3.78. The lowest BCUT2D eigenvalue weighted by Gasteiger charge is -2.20. The molecule has 1 N–H and O–H groups in total. The maximum Gasteiger partial charge on any atom is 0.148 e. The number of allylic oxidation sites excluding steroid dienone is 1. The number of anilines is 1. The van der Waals surface area contributed by atoms with E-state index >= 15 is 0 Å². The van der Waals surface area contributed by atoms with E-state index in [1.165, 1.54) is 0 Å². The van der Waals surface area contributed by atoms with E-state index < -0.39 is 0 Å². The number of nitrogens with one attached hydrogen (secondary N) is 1. The molecule has 86 valence electrons. The van der Waals surface area contributed by atoms with Crippen LogP contribution in [0.1, 0.15) is 31.9 Å². The van der Waals surface area contributed by atoms with Gasteiger partial charge in [-0.25, -0.2) is 9.97 Å². The summed E-state index contributed by atoms with van der Waals surface area (Å²) in [6.45, 7) is 2.04. The van der Waals surface area contributed by atoms with E-state index in [2.05, 4.69) is 27.4 Å². The molecule has 3 nitrogen and oxygen atoms in total. The van der Waals surface area contributed by atoms with E-state index in [0.29, 0.717) is 11.1 Å². The molecule has 1 aromatic rings. The highest BCUT2D eigenvalue weighted by Gasteiger charge is 2.13. The molecule has 0 saturated carbocycles. The molecule has 1 aliphatic rings. The zero-order valence-corrected chi connectivity index (χ0v) is 10.2. The monoisotopic (exact) mass is 237 g/mol. The molecule has 0 aliphatic heterocycles. The Labute approximate surface area is 101 Å². The highest BCUT2D eigenvalue weighted by Crippen LogP contribution is 2.24. The number of rotatable bonds is 3. The van der Waals surface area contributed by atoms with Gasteiger partial charge in [0, 0.05) is 6.04 Å². The minimum Gasteiger partial charge on any atom is -0.366 e. The first kappa shape index (κ1) is 11.4. The molecule has 1 heterocycles. The maximum absolute atomic E-state index is 6.22. The topological polar surface area (TPSA) is 37.8 Å². The molecular formula is C12H16ClN3. The fourth-order valence-electron chi connectivity index (χ4n) is 1.87. The summed E-state index contributed by atoms with van der Waals surface area (Å²) in [6.07, 6.45) is 10.1. The van der Waals surface area contributed by atoms with Gasteiger partial charge in [0.1, 0.15) is 17.2 Å². The van der Waals surface area contributed by atoms with Crippen LogP contribution in [0, 0.1) is 0 Å². The lowest BCUT2D eigenvalue weighted by molar-refractivity contribution is 0.641. The summed E-state index contributed by atoms with van der Waals surface area (Å²) >= 11 is 6.22.